The van der Waals surface area contributed by atoms with Crippen molar-refractivity contribution >= 4 is 5.78 Å². The molecule has 1 aliphatic rings. The second-order valence-electron chi connectivity index (χ2n) is 6.78. The molecule has 2 heterocycles. The number of likely N-dealkylation sites (tertiary alicyclic amines) is 1. The zero-order valence-electron chi connectivity index (χ0n) is 12.4. The Hall–Kier alpha value is -1.09. The minimum absolute atomic E-state index is 0.208. The van der Waals surface area contributed by atoms with Crippen LogP contribution in [-0.2, 0) is 0 Å². The molecule has 1 atom stereocenters. The van der Waals surface area contributed by atoms with Crippen LogP contribution in [0.15, 0.2) is 18.3 Å². The molecule has 1 aromatic rings. The first-order chi connectivity index (χ1) is 8.97. The molecule has 3 heteroatoms. The van der Waals surface area contributed by atoms with E-state index in [1.54, 1.807) is 0 Å². The molecular formula is C16H26N2O. The van der Waals surface area contributed by atoms with Crippen molar-refractivity contribution in [2.45, 2.75) is 40.0 Å². The Morgan fingerprint density at radius 2 is 2.16 bits per heavy atom. The third-order valence-corrected chi connectivity index (χ3v) is 4.31. The van der Waals surface area contributed by atoms with Gasteiger partial charge in [-0.1, -0.05) is 20.8 Å². The van der Waals surface area contributed by atoms with Crippen LogP contribution >= 0.6 is 0 Å². The Labute approximate surface area is 116 Å². The highest BCUT2D eigenvalue weighted by Crippen LogP contribution is 2.34. The molecule has 0 aliphatic carbocycles. The average molecular weight is 262 g/mol. The number of aromatic amines is 1. The second kappa shape index (κ2) is 5.91. The second-order valence-corrected chi connectivity index (χ2v) is 6.78. The lowest BCUT2D eigenvalue weighted by Crippen LogP contribution is -2.31. The van der Waals surface area contributed by atoms with E-state index in [0.717, 1.165) is 24.7 Å². The van der Waals surface area contributed by atoms with Crippen molar-refractivity contribution in [3.8, 4) is 0 Å². The molecule has 0 amide bonds. The lowest BCUT2D eigenvalue weighted by Gasteiger charge is -2.29. The van der Waals surface area contributed by atoms with Crippen LogP contribution in [0.4, 0.5) is 0 Å². The highest BCUT2D eigenvalue weighted by Gasteiger charge is 2.27. The van der Waals surface area contributed by atoms with E-state index in [4.69, 9.17) is 0 Å². The topological polar surface area (TPSA) is 36.1 Å². The van der Waals surface area contributed by atoms with Gasteiger partial charge in [-0.25, -0.2) is 0 Å². The number of nitrogens with one attached hydrogen (secondary N) is 1. The van der Waals surface area contributed by atoms with E-state index in [9.17, 15) is 4.79 Å². The summed E-state index contributed by atoms with van der Waals surface area (Å²) in [6.45, 7) is 9.65. The molecule has 1 N–H and O–H groups in total. The lowest BCUT2D eigenvalue weighted by atomic mass is 9.77. The van der Waals surface area contributed by atoms with Gasteiger partial charge in [-0.2, -0.15) is 0 Å². The molecule has 0 spiro atoms. The van der Waals surface area contributed by atoms with Gasteiger partial charge in [0.25, 0.3) is 0 Å². The number of Topliss-reactive ketones (excluding diaryl/α,β-unsaturated/α-hetero) is 1. The molecule has 3 nitrogen and oxygen atoms in total. The minimum atomic E-state index is 0.208. The summed E-state index contributed by atoms with van der Waals surface area (Å²) in [5.41, 5.74) is 1.12. The van der Waals surface area contributed by atoms with Crippen molar-refractivity contribution in [2.75, 3.05) is 19.6 Å². The van der Waals surface area contributed by atoms with Gasteiger partial charge in [-0.3, -0.25) is 9.69 Å². The standard InChI is InChI=1S/C16H26N2O/c1-16(2,3)13-6-5-10-18(11-8-13)12-15(19)14-7-4-9-17-14/h4,7,9,13,17H,5-6,8,10-12H2,1-3H3. The summed E-state index contributed by atoms with van der Waals surface area (Å²) >= 11 is 0. The number of hydrogen-bond acceptors (Lipinski definition) is 2. The van der Waals surface area contributed by atoms with Gasteiger partial charge in [0, 0.05) is 6.20 Å². The SMILES string of the molecule is CC(C)(C)C1CCCN(CC(=O)c2ccc[nH]2)CC1. The largest absolute Gasteiger partial charge is 0.359 e. The molecule has 19 heavy (non-hydrogen) atoms. The van der Waals surface area contributed by atoms with Gasteiger partial charge < -0.3 is 4.98 Å². The van der Waals surface area contributed by atoms with Crippen LogP contribution in [0.2, 0.25) is 0 Å². The molecule has 1 aromatic heterocycles. The van der Waals surface area contributed by atoms with Crippen LogP contribution < -0.4 is 0 Å². The van der Waals surface area contributed by atoms with Crippen LogP contribution in [0.25, 0.3) is 0 Å². The summed E-state index contributed by atoms with van der Waals surface area (Å²) < 4.78 is 0. The van der Waals surface area contributed by atoms with Gasteiger partial charge >= 0.3 is 0 Å². The fourth-order valence-corrected chi connectivity index (χ4v) is 2.97. The highest BCUT2D eigenvalue weighted by molar-refractivity contribution is 5.95. The third kappa shape index (κ3) is 3.93. The molecule has 2 rings (SSSR count). The average Bonchev–Trinajstić information content (AvgIpc) is 2.75. The molecule has 1 aliphatic heterocycles. The molecule has 0 saturated carbocycles. The Morgan fingerprint density at radius 3 is 2.79 bits per heavy atom. The molecular weight excluding hydrogens is 236 g/mol. The smallest absolute Gasteiger partial charge is 0.192 e. The van der Waals surface area contributed by atoms with Crippen molar-refractivity contribution < 1.29 is 4.79 Å². The van der Waals surface area contributed by atoms with Crippen LogP contribution in [0.1, 0.15) is 50.5 Å². The summed E-state index contributed by atoms with van der Waals surface area (Å²) in [4.78, 5) is 17.4. The predicted octanol–water partition coefficient (Wildman–Crippen LogP) is 3.35. The fourth-order valence-electron chi connectivity index (χ4n) is 2.97. The first-order valence-electron chi connectivity index (χ1n) is 7.36. The Bertz CT molecular complexity index is 403. The summed E-state index contributed by atoms with van der Waals surface area (Å²) in [6.07, 6.45) is 5.52. The maximum Gasteiger partial charge on any atom is 0.192 e. The summed E-state index contributed by atoms with van der Waals surface area (Å²) in [5.74, 6) is 0.984. The number of carbonyl (C=O) groups excluding carboxylic acids is 1. The van der Waals surface area contributed by atoms with Crippen molar-refractivity contribution in [2.24, 2.45) is 11.3 Å². The quantitative estimate of drug-likeness (QED) is 0.848. The first-order valence-corrected chi connectivity index (χ1v) is 7.36. The van der Waals surface area contributed by atoms with Gasteiger partial charge in [0.2, 0.25) is 0 Å². The number of hydrogen-bond donors (Lipinski definition) is 1. The van der Waals surface area contributed by atoms with E-state index in [2.05, 4.69) is 30.7 Å². The summed E-state index contributed by atoms with van der Waals surface area (Å²) in [7, 11) is 0. The van der Waals surface area contributed by atoms with E-state index in [0.29, 0.717) is 12.0 Å². The fraction of sp³-hybridized carbons (Fsp3) is 0.688. The normalized spacial score (nSPS) is 22.2. The zero-order chi connectivity index (χ0) is 13.9. The van der Waals surface area contributed by atoms with E-state index in [1.165, 1.54) is 19.3 Å². The van der Waals surface area contributed by atoms with Gasteiger partial charge in [0.05, 0.1) is 12.2 Å². The Balaban J connectivity index is 1.88. The lowest BCUT2D eigenvalue weighted by molar-refractivity contribution is 0.0926. The molecule has 0 aromatic carbocycles. The first kappa shape index (κ1) is 14.3. The summed E-state index contributed by atoms with van der Waals surface area (Å²) in [6, 6.07) is 3.74. The van der Waals surface area contributed by atoms with Crippen LogP contribution in [0, 0.1) is 11.3 Å². The molecule has 0 radical (unpaired) electrons. The molecule has 1 saturated heterocycles. The Kier molecular flexibility index (Phi) is 4.46. The number of carbonyl (C=O) groups is 1. The van der Waals surface area contributed by atoms with E-state index in [-0.39, 0.29) is 5.78 Å². The number of H-pyrrole nitrogens is 1. The maximum absolute atomic E-state index is 12.1. The van der Waals surface area contributed by atoms with Crippen molar-refractivity contribution in [3.05, 3.63) is 24.0 Å². The molecule has 1 fully saturated rings. The highest BCUT2D eigenvalue weighted by atomic mass is 16.1. The minimum Gasteiger partial charge on any atom is -0.359 e. The number of rotatable bonds is 3. The van der Waals surface area contributed by atoms with Crippen LogP contribution in [-0.4, -0.2) is 35.3 Å². The number of ketones is 1. The monoisotopic (exact) mass is 262 g/mol. The zero-order valence-corrected chi connectivity index (χ0v) is 12.4. The molecule has 1 unspecified atom stereocenters. The van der Waals surface area contributed by atoms with Gasteiger partial charge in [0.1, 0.15) is 0 Å². The molecule has 106 valence electrons. The van der Waals surface area contributed by atoms with Crippen molar-refractivity contribution in [1.82, 2.24) is 9.88 Å². The number of nitrogens with zero attached hydrogens (tertiary/aromatic N) is 1. The summed E-state index contributed by atoms with van der Waals surface area (Å²) in [5, 5.41) is 0. The van der Waals surface area contributed by atoms with Gasteiger partial charge in [-0.15, -0.1) is 0 Å². The van der Waals surface area contributed by atoms with Gasteiger partial charge in [0.15, 0.2) is 5.78 Å². The molecule has 0 bridgehead atoms. The van der Waals surface area contributed by atoms with Crippen molar-refractivity contribution in [1.29, 1.82) is 0 Å². The number of aromatic nitrogens is 1. The maximum atomic E-state index is 12.1. The van der Waals surface area contributed by atoms with Gasteiger partial charge in [-0.05, 0) is 55.8 Å². The van der Waals surface area contributed by atoms with Crippen molar-refractivity contribution in [3.63, 3.8) is 0 Å². The van der Waals surface area contributed by atoms with E-state index in [1.807, 2.05) is 18.3 Å². The Morgan fingerprint density at radius 1 is 1.37 bits per heavy atom. The van der Waals surface area contributed by atoms with E-state index < -0.39 is 0 Å². The van der Waals surface area contributed by atoms with Crippen LogP contribution in [0.3, 0.4) is 0 Å². The predicted molar refractivity (Wildman–Crippen MR) is 78.4 cm³/mol. The van der Waals surface area contributed by atoms with Crippen LogP contribution in [0.5, 0.6) is 0 Å². The third-order valence-electron chi connectivity index (χ3n) is 4.31. The van der Waals surface area contributed by atoms with E-state index >= 15 is 0 Å².